The van der Waals surface area contributed by atoms with Crippen LogP contribution in [0.4, 0.5) is 0 Å². The Bertz CT molecular complexity index is 944. The van der Waals surface area contributed by atoms with Crippen LogP contribution < -0.4 is 10.2 Å². The maximum atomic E-state index is 12.5. The van der Waals surface area contributed by atoms with Gasteiger partial charge < -0.3 is 38.2 Å². The van der Waals surface area contributed by atoms with Crippen LogP contribution in [0.25, 0.3) is 0 Å². The van der Waals surface area contributed by atoms with E-state index in [9.17, 15) is 29.4 Å². The van der Waals surface area contributed by atoms with Gasteiger partial charge in [0.2, 0.25) is 0 Å². The van der Waals surface area contributed by atoms with E-state index in [2.05, 4.69) is 20.8 Å². The molecule has 10 heteroatoms. The molecule has 0 aliphatic rings. The maximum absolute atomic E-state index is 12.5. The Morgan fingerprint density at radius 2 is 0.792 bits per heavy atom. The lowest BCUT2D eigenvalue weighted by Crippen LogP contribution is -2.45. The minimum absolute atomic E-state index is 0.112. The summed E-state index contributed by atoms with van der Waals surface area (Å²) in [5.74, 6) is -3.17. The summed E-state index contributed by atoms with van der Waals surface area (Å²) in [7, 11) is 11.7. The maximum Gasteiger partial charge on any atom is 0.309 e. The fourth-order valence-corrected chi connectivity index (χ4v) is 6.48. The van der Waals surface area contributed by atoms with Crippen LogP contribution in [0.2, 0.25) is 0 Å². The molecule has 0 spiro atoms. The highest BCUT2D eigenvalue weighted by Gasteiger charge is 2.27. The fraction of sp³-hybridized carbons (Fsp3) is 0.907. The third-order valence-electron chi connectivity index (χ3n) is 9.40. The molecule has 0 bridgehead atoms. The second-order valence-electron chi connectivity index (χ2n) is 17.5. The topological polar surface area (TPSA) is 133 Å². The number of rotatable bonds is 33. The molecule has 10 nitrogen and oxygen atoms in total. The summed E-state index contributed by atoms with van der Waals surface area (Å²) in [6.07, 6.45) is 22.8. The van der Waals surface area contributed by atoms with Gasteiger partial charge in [0.25, 0.3) is 0 Å². The van der Waals surface area contributed by atoms with E-state index < -0.39 is 24.1 Å². The highest BCUT2D eigenvalue weighted by Crippen LogP contribution is 2.21. The van der Waals surface area contributed by atoms with Gasteiger partial charge in [0.1, 0.15) is 13.1 Å². The molecule has 0 fully saturated rings. The van der Waals surface area contributed by atoms with E-state index in [1.807, 2.05) is 49.2 Å². The van der Waals surface area contributed by atoms with Gasteiger partial charge in [-0.3, -0.25) is 9.59 Å². The third kappa shape index (κ3) is 36.5. The van der Waals surface area contributed by atoms with Gasteiger partial charge in [-0.2, -0.15) is 0 Å². The molecule has 4 unspecified atom stereocenters. The molecular weight excluding hydrogens is 672 g/mol. The summed E-state index contributed by atoms with van der Waals surface area (Å²) in [5, 5.41) is 21.9. The van der Waals surface area contributed by atoms with E-state index in [1.54, 1.807) is 0 Å². The number of likely N-dealkylation sites (N-methyl/N-ethyl adjacent to an activating group) is 2. The van der Waals surface area contributed by atoms with Crippen molar-refractivity contribution in [3.05, 3.63) is 0 Å². The van der Waals surface area contributed by atoms with Crippen LogP contribution >= 0.6 is 0 Å². The molecule has 4 atom stereocenters. The van der Waals surface area contributed by atoms with Crippen molar-refractivity contribution >= 4 is 23.9 Å². The van der Waals surface area contributed by atoms with Crippen molar-refractivity contribution in [2.45, 2.75) is 188 Å². The Morgan fingerprint density at radius 1 is 0.472 bits per heavy atom. The van der Waals surface area contributed by atoms with Gasteiger partial charge in [-0.1, -0.05) is 143 Å². The summed E-state index contributed by atoms with van der Waals surface area (Å²) in [6, 6.07) is 0. The molecule has 0 amide bonds. The molecule has 314 valence electrons. The van der Waals surface area contributed by atoms with E-state index in [0.717, 1.165) is 57.8 Å². The van der Waals surface area contributed by atoms with Crippen molar-refractivity contribution in [1.29, 1.82) is 0 Å². The number of esters is 2. The molecule has 0 aromatic carbocycles. The van der Waals surface area contributed by atoms with Crippen molar-refractivity contribution in [2.24, 2.45) is 11.8 Å². The Labute approximate surface area is 325 Å². The van der Waals surface area contributed by atoms with Crippen molar-refractivity contribution in [3.8, 4) is 0 Å². The standard InChI is InChI=1S/C24H47NO4.C19H37NO4/c1-6-7-8-9-10-11-12-13-14-15-16-17-18-21(2)24(28)29-22(19-23(26)27)20-25(3,4)5;1-6-8-10-11-13-16(12-9-7-2)19(23)24-17(14-18(21)22)15-20(3,4)5/h21-22H,6-20H2,1-5H3;16-17H,6-15H2,1-5H3. The van der Waals surface area contributed by atoms with Gasteiger partial charge in [-0.15, -0.1) is 0 Å². The van der Waals surface area contributed by atoms with Crippen LogP contribution in [0, 0.1) is 11.8 Å². The van der Waals surface area contributed by atoms with E-state index >= 15 is 0 Å². The molecule has 0 aliphatic heterocycles. The number of carbonyl (C=O) groups excluding carboxylic acids is 4. The first-order valence-electron chi connectivity index (χ1n) is 21.3. The number of carboxylic acids is 2. The Hall–Kier alpha value is -2.20. The van der Waals surface area contributed by atoms with Crippen molar-refractivity contribution in [2.75, 3.05) is 55.4 Å². The van der Waals surface area contributed by atoms with E-state index in [4.69, 9.17) is 9.47 Å². The zero-order valence-corrected chi connectivity index (χ0v) is 36.1. The molecular formula is C43H84N2O8. The smallest absolute Gasteiger partial charge is 0.309 e. The monoisotopic (exact) mass is 757 g/mol. The normalized spacial score (nSPS) is 14.0. The molecule has 0 radical (unpaired) electrons. The lowest BCUT2D eigenvalue weighted by Gasteiger charge is -2.30. The zero-order chi connectivity index (χ0) is 40.7. The molecule has 53 heavy (non-hydrogen) atoms. The summed E-state index contributed by atoms with van der Waals surface area (Å²) in [5.41, 5.74) is 0. The van der Waals surface area contributed by atoms with Crippen LogP contribution in [0.1, 0.15) is 175 Å². The van der Waals surface area contributed by atoms with E-state index in [0.29, 0.717) is 22.1 Å². The predicted octanol–water partition coefficient (Wildman–Crippen LogP) is 6.99. The summed E-state index contributed by atoms with van der Waals surface area (Å²) < 4.78 is 12.1. The van der Waals surface area contributed by atoms with Crippen molar-refractivity contribution < 1.29 is 47.8 Å². The number of nitrogens with zero attached hydrogens (tertiary/aromatic N) is 2. The quantitative estimate of drug-likeness (QED) is 0.0398. The average molecular weight is 757 g/mol. The van der Waals surface area contributed by atoms with Gasteiger partial charge in [0.05, 0.1) is 54.1 Å². The number of quaternary nitrogens is 2. The number of aliphatic carboxylic acids is 2. The van der Waals surface area contributed by atoms with Gasteiger partial charge >= 0.3 is 11.9 Å². The molecule has 0 saturated heterocycles. The number of hydrogen-bond donors (Lipinski definition) is 0. The van der Waals surface area contributed by atoms with Crippen LogP contribution in [0.15, 0.2) is 0 Å². The molecule has 0 aromatic heterocycles. The lowest BCUT2D eigenvalue weighted by atomic mass is 9.95. The Balaban J connectivity index is 0. The van der Waals surface area contributed by atoms with Gasteiger partial charge in [-0.25, -0.2) is 0 Å². The second-order valence-corrected chi connectivity index (χ2v) is 17.5. The van der Waals surface area contributed by atoms with Gasteiger partial charge in [-0.05, 0) is 19.3 Å². The number of carboxylic acid groups (broad SMARTS) is 2. The summed E-state index contributed by atoms with van der Waals surface area (Å²) >= 11 is 0. The first-order valence-corrected chi connectivity index (χ1v) is 21.3. The highest BCUT2D eigenvalue weighted by molar-refractivity contribution is 5.74. The minimum Gasteiger partial charge on any atom is -0.550 e. The second kappa shape index (κ2) is 32.1. The molecule has 0 saturated carbocycles. The van der Waals surface area contributed by atoms with E-state index in [1.165, 1.54) is 77.0 Å². The molecule has 0 N–H and O–H groups in total. The van der Waals surface area contributed by atoms with Gasteiger partial charge in [0, 0.05) is 24.8 Å². The summed E-state index contributed by atoms with van der Waals surface area (Å²) in [4.78, 5) is 46.7. The van der Waals surface area contributed by atoms with Crippen molar-refractivity contribution in [3.63, 3.8) is 0 Å². The number of hydrogen-bond acceptors (Lipinski definition) is 8. The average Bonchev–Trinajstić information content (AvgIpc) is 3.02. The third-order valence-corrected chi connectivity index (χ3v) is 9.40. The largest absolute Gasteiger partial charge is 0.550 e. The van der Waals surface area contributed by atoms with Crippen LogP contribution in [-0.2, 0) is 28.7 Å². The van der Waals surface area contributed by atoms with Crippen LogP contribution in [0.3, 0.4) is 0 Å². The number of ether oxygens (including phenoxy) is 2. The minimum atomic E-state index is -1.18. The lowest BCUT2D eigenvalue weighted by molar-refractivity contribution is -0.873. The SMILES string of the molecule is CCCCCCC(CCCC)C(=O)OC(CC(=O)[O-])C[N+](C)(C)C.CCCCCCCCCCCCCCC(C)C(=O)OC(CC(=O)[O-])C[N+](C)(C)C. The number of carbonyl (C=O) groups is 4. The summed E-state index contributed by atoms with van der Waals surface area (Å²) in [6.45, 7) is 9.33. The van der Waals surface area contributed by atoms with Crippen molar-refractivity contribution in [1.82, 2.24) is 0 Å². The number of unbranched alkanes of at least 4 members (excludes halogenated alkanes) is 15. The molecule has 0 heterocycles. The van der Waals surface area contributed by atoms with E-state index in [-0.39, 0.29) is 36.6 Å². The molecule has 0 aromatic rings. The first-order chi connectivity index (χ1) is 24.8. The Morgan fingerprint density at radius 3 is 1.17 bits per heavy atom. The first kappa shape index (κ1) is 52.9. The van der Waals surface area contributed by atoms with Gasteiger partial charge in [0.15, 0.2) is 12.2 Å². The molecule has 0 rings (SSSR count). The predicted molar refractivity (Wildman–Crippen MR) is 211 cm³/mol. The zero-order valence-electron chi connectivity index (χ0n) is 36.1. The highest BCUT2D eigenvalue weighted by atomic mass is 16.6. The Kier molecular flexibility index (Phi) is 32.0. The van der Waals surface area contributed by atoms with Crippen LogP contribution in [0.5, 0.6) is 0 Å². The molecule has 0 aliphatic carbocycles. The van der Waals surface area contributed by atoms with Crippen LogP contribution in [-0.4, -0.2) is 100 Å². The fourth-order valence-electron chi connectivity index (χ4n) is 6.48.